The third-order valence-electron chi connectivity index (χ3n) is 4.74. The quantitative estimate of drug-likeness (QED) is 0.407. The van der Waals surface area contributed by atoms with Gasteiger partial charge in [-0.3, -0.25) is 4.79 Å². The Balaban J connectivity index is 1.72. The largest absolute Gasteiger partial charge is 0.497 e. The van der Waals surface area contributed by atoms with E-state index in [1.54, 1.807) is 37.4 Å². The molecule has 0 radical (unpaired) electrons. The molecule has 2 aromatic carbocycles. The first-order valence-corrected chi connectivity index (χ1v) is 10.3. The second-order valence-corrected chi connectivity index (χ2v) is 8.32. The Morgan fingerprint density at radius 3 is 2.61 bits per heavy atom. The summed E-state index contributed by atoms with van der Waals surface area (Å²) in [6, 6.07) is 15.7. The zero-order chi connectivity index (χ0) is 22.1. The van der Waals surface area contributed by atoms with Crippen LogP contribution in [0, 0.1) is 18.3 Å². The number of halogens is 1. The summed E-state index contributed by atoms with van der Waals surface area (Å²) in [4.78, 5) is 26.0. The van der Waals surface area contributed by atoms with Gasteiger partial charge in [0.25, 0.3) is 5.91 Å². The number of nitrogens with zero attached hydrogens (tertiary/aromatic N) is 1. The van der Waals surface area contributed by atoms with Crippen molar-refractivity contribution in [3.63, 3.8) is 0 Å². The topological polar surface area (TPSA) is 92.3 Å². The fraction of sp³-hybridized carbons (Fsp3) is 0.0870. The van der Waals surface area contributed by atoms with Gasteiger partial charge < -0.3 is 14.5 Å². The predicted octanol–water partition coefficient (Wildman–Crippen LogP) is 5.62. The van der Waals surface area contributed by atoms with Crippen molar-refractivity contribution in [2.24, 2.45) is 0 Å². The number of hydrogen-bond donors (Lipinski definition) is 1. The predicted molar refractivity (Wildman–Crippen MR) is 121 cm³/mol. The van der Waals surface area contributed by atoms with Crippen LogP contribution in [0.2, 0.25) is 5.02 Å². The van der Waals surface area contributed by atoms with Crippen LogP contribution in [0.5, 0.6) is 5.75 Å². The van der Waals surface area contributed by atoms with Gasteiger partial charge in [-0.15, -0.1) is 11.3 Å². The molecule has 4 aromatic rings. The van der Waals surface area contributed by atoms with Gasteiger partial charge in [-0.1, -0.05) is 23.7 Å². The van der Waals surface area contributed by atoms with E-state index >= 15 is 0 Å². The first-order valence-electron chi connectivity index (χ1n) is 9.14. The average Bonchev–Trinajstić information content (AvgIpc) is 3.08. The summed E-state index contributed by atoms with van der Waals surface area (Å²) in [7, 11) is 1.58. The summed E-state index contributed by atoms with van der Waals surface area (Å²) in [5.74, 6) is 0.0430. The lowest BCUT2D eigenvalue weighted by molar-refractivity contribution is 0.102. The van der Waals surface area contributed by atoms with Crippen molar-refractivity contribution in [1.29, 1.82) is 5.26 Å². The second kappa shape index (κ2) is 8.26. The molecule has 154 valence electrons. The number of fused-ring (bicyclic) bond motifs is 1. The van der Waals surface area contributed by atoms with E-state index in [0.29, 0.717) is 32.3 Å². The molecular weight excluding hydrogens is 436 g/mol. The van der Waals surface area contributed by atoms with E-state index in [1.807, 2.05) is 19.1 Å². The highest BCUT2D eigenvalue weighted by atomic mass is 35.5. The first kappa shape index (κ1) is 20.7. The third kappa shape index (κ3) is 3.91. The number of ether oxygens (including phenoxy) is 1. The summed E-state index contributed by atoms with van der Waals surface area (Å²) in [5, 5.41) is 13.8. The number of methoxy groups -OCH3 is 1. The molecule has 0 bridgehead atoms. The number of anilines is 1. The molecule has 4 rings (SSSR count). The zero-order valence-corrected chi connectivity index (χ0v) is 18.1. The number of carbonyl (C=O) groups is 1. The van der Waals surface area contributed by atoms with E-state index < -0.39 is 11.5 Å². The molecule has 0 unspecified atom stereocenters. The van der Waals surface area contributed by atoms with Crippen molar-refractivity contribution in [1.82, 2.24) is 0 Å². The summed E-state index contributed by atoms with van der Waals surface area (Å²) in [6.07, 6.45) is 0. The van der Waals surface area contributed by atoms with E-state index in [-0.39, 0.29) is 5.56 Å². The lowest BCUT2D eigenvalue weighted by Crippen LogP contribution is -2.20. The number of nitriles is 1. The molecule has 0 atom stereocenters. The number of aryl methyl sites for hydroxylation is 1. The molecule has 31 heavy (non-hydrogen) atoms. The Morgan fingerprint density at radius 2 is 1.94 bits per heavy atom. The smallest absolute Gasteiger partial charge is 0.349 e. The number of rotatable bonds is 4. The number of carbonyl (C=O) groups excluding carboxylic acids is 1. The number of benzene rings is 2. The summed E-state index contributed by atoms with van der Waals surface area (Å²) in [5.41, 5.74) is 1.27. The van der Waals surface area contributed by atoms with Crippen LogP contribution in [0.3, 0.4) is 0 Å². The first-order chi connectivity index (χ1) is 14.9. The number of thiophene rings is 1. The number of nitrogens with one attached hydrogen (secondary N) is 1. The van der Waals surface area contributed by atoms with Crippen LogP contribution in [-0.2, 0) is 0 Å². The number of hydrogen-bond acceptors (Lipinski definition) is 6. The average molecular weight is 451 g/mol. The fourth-order valence-electron chi connectivity index (χ4n) is 3.27. The SMILES string of the molecule is COc1ccc(-c2c(C)sc(NC(=O)c3cc4cc(Cl)ccc4oc3=O)c2C#N)cc1. The normalized spacial score (nSPS) is 10.6. The Labute approximate surface area is 186 Å². The fourth-order valence-corrected chi connectivity index (χ4v) is 4.47. The molecule has 0 spiro atoms. The van der Waals surface area contributed by atoms with Crippen molar-refractivity contribution < 1.29 is 13.9 Å². The van der Waals surface area contributed by atoms with Gasteiger partial charge in [0.2, 0.25) is 0 Å². The number of amides is 1. The van der Waals surface area contributed by atoms with Gasteiger partial charge in [0.05, 0.1) is 12.7 Å². The molecule has 0 saturated carbocycles. The molecule has 0 fully saturated rings. The Bertz CT molecular complexity index is 1410. The van der Waals surface area contributed by atoms with E-state index in [1.165, 1.54) is 17.4 Å². The molecule has 2 heterocycles. The molecule has 0 aliphatic rings. The van der Waals surface area contributed by atoms with Gasteiger partial charge in [-0.25, -0.2) is 4.79 Å². The maximum atomic E-state index is 12.8. The highest BCUT2D eigenvalue weighted by Crippen LogP contribution is 2.40. The van der Waals surface area contributed by atoms with Gasteiger partial charge in [0, 0.05) is 20.8 Å². The molecule has 8 heteroatoms. The highest BCUT2D eigenvalue weighted by Gasteiger charge is 2.21. The minimum absolute atomic E-state index is 0.171. The summed E-state index contributed by atoms with van der Waals surface area (Å²) >= 11 is 7.26. The van der Waals surface area contributed by atoms with Crippen LogP contribution in [0.1, 0.15) is 20.8 Å². The molecule has 2 aromatic heterocycles. The van der Waals surface area contributed by atoms with Crippen molar-refractivity contribution in [3.05, 3.63) is 80.0 Å². The highest BCUT2D eigenvalue weighted by molar-refractivity contribution is 7.17. The lowest BCUT2D eigenvalue weighted by atomic mass is 10.0. The van der Waals surface area contributed by atoms with Crippen LogP contribution < -0.4 is 15.7 Å². The van der Waals surface area contributed by atoms with Crippen molar-refractivity contribution in [3.8, 4) is 22.9 Å². The molecule has 1 N–H and O–H groups in total. The molecule has 1 amide bonds. The molecular formula is C23H15ClN2O4S. The Kier molecular flexibility index (Phi) is 5.51. The molecule has 0 aliphatic heterocycles. The van der Waals surface area contributed by atoms with Crippen molar-refractivity contribution in [2.75, 3.05) is 12.4 Å². The van der Waals surface area contributed by atoms with Crippen LogP contribution in [0.25, 0.3) is 22.1 Å². The Morgan fingerprint density at radius 1 is 1.19 bits per heavy atom. The maximum absolute atomic E-state index is 12.8. The second-order valence-electron chi connectivity index (χ2n) is 6.66. The van der Waals surface area contributed by atoms with E-state index in [0.717, 1.165) is 16.0 Å². The van der Waals surface area contributed by atoms with Crippen LogP contribution in [0.15, 0.2) is 57.7 Å². The van der Waals surface area contributed by atoms with Crippen molar-refractivity contribution in [2.45, 2.75) is 6.92 Å². The van der Waals surface area contributed by atoms with Crippen LogP contribution >= 0.6 is 22.9 Å². The molecule has 0 saturated heterocycles. The summed E-state index contributed by atoms with van der Waals surface area (Å²) < 4.78 is 10.4. The minimum Gasteiger partial charge on any atom is -0.497 e. The standard InChI is InChI=1S/C23H15ClN2O4S/c1-12-20(13-3-6-16(29-2)7-4-13)18(11-25)22(31-12)26-21(27)17-10-14-9-15(24)5-8-19(14)30-23(17)28/h3-10H,1-2H3,(H,26,27). The minimum atomic E-state index is -0.769. The third-order valence-corrected chi connectivity index (χ3v) is 6.00. The van der Waals surface area contributed by atoms with Crippen molar-refractivity contribution >= 4 is 44.8 Å². The lowest BCUT2D eigenvalue weighted by Gasteiger charge is -2.06. The monoisotopic (exact) mass is 450 g/mol. The van der Waals surface area contributed by atoms with Gasteiger partial charge in [-0.2, -0.15) is 5.26 Å². The summed E-state index contributed by atoms with van der Waals surface area (Å²) in [6.45, 7) is 1.87. The van der Waals surface area contributed by atoms with Gasteiger partial charge >= 0.3 is 5.63 Å². The van der Waals surface area contributed by atoms with Crippen LogP contribution in [0.4, 0.5) is 5.00 Å². The maximum Gasteiger partial charge on any atom is 0.349 e. The zero-order valence-electron chi connectivity index (χ0n) is 16.5. The van der Waals surface area contributed by atoms with E-state index in [4.69, 9.17) is 20.8 Å². The molecule has 6 nitrogen and oxygen atoms in total. The van der Waals surface area contributed by atoms with Gasteiger partial charge in [0.1, 0.15) is 28.0 Å². The van der Waals surface area contributed by atoms with Crippen LogP contribution in [-0.4, -0.2) is 13.0 Å². The van der Waals surface area contributed by atoms with E-state index in [9.17, 15) is 14.9 Å². The van der Waals surface area contributed by atoms with Gasteiger partial charge in [0.15, 0.2) is 0 Å². The molecule has 0 aliphatic carbocycles. The van der Waals surface area contributed by atoms with Gasteiger partial charge in [-0.05, 0) is 48.9 Å². The Hall–Kier alpha value is -3.60. The van der Waals surface area contributed by atoms with E-state index in [2.05, 4.69) is 11.4 Å².